The molecule has 0 N–H and O–H groups in total. The minimum absolute atomic E-state index is 0.0827. The van der Waals surface area contributed by atoms with E-state index in [-0.39, 0.29) is 5.91 Å². The third-order valence-corrected chi connectivity index (χ3v) is 4.65. The molecule has 1 saturated heterocycles. The molecule has 1 aliphatic carbocycles. The Labute approximate surface area is 146 Å². The minimum Gasteiger partial charge on any atom is -0.457 e. The molecule has 1 aromatic heterocycles. The van der Waals surface area contributed by atoms with Crippen molar-refractivity contribution in [1.29, 1.82) is 0 Å². The van der Waals surface area contributed by atoms with Gasteiger partial charge in [0, 0.05) is 18.7 Å². The predicted octanol–water partition coefficient (Wildman–Crippen LogP) is 5.04. The summed E-state index contributed by atoms with van der Waals surface area (Å²) in [4.78, 5) is 14.0. The Morgan fingerprint density at radius 3 is 2.78 bits per heavy atom. The van der Waals surface area contributed by atoms with E-state index in [1.54, 1.807) is 13.1 Å². The maximum atomic E-state index is 12.0. The van der Waals surface area contributed by atoms with Gasteiger partial charge in [0.15, 0.2) is 0 Å². The fourth-order valence-electron chi connectivity index (χ4n) is 2.02. The smallest absolute Gasteiger partial charge is 0.266 e. The molecule has 0 radical (unpaired) electrons. The van der Waals surface area contributed by atoms with Gasteiger partial charge < -0.3 is 4.42 Å². The Morgan fingerprint density at radius 2 is 2.09 bits per heavy atom. The van der Waals surface area contributed by atoms with Crippen LogP contribution < -0.4 is 0 Å². The number of thioether (sulfide) groups is 1. The fourth-order valence-corrected chi connectivity index (χ4v) is 3.18. The van der Waals surface area contributed by atoms with Crippen molar-refractivity contribution in [2.75, 3.05) is 7.05 Å². The molecule has 0 saturated carbocycles. The highest BCUT2D eigenvalue weighted by Crippen LogP contribution is 2.32. The van der Waals surface area contributed by atoms with E-state index in [1.807, 2.05) is 44.2 Å². The normalized spacial score (nSPS) is 18.8. The zero-order valence-corrected chi connectivity index (χ0v) is 15.0. The van der Waals surface area contributed by atoms with Gasteiger partial charge in [-0.2, -0.15) is 0 Å². The number of hydrogen-bond donors (Lipinski definition) is 0. The Hall–Kier alpha value is -1.85. The summed E-state index contributed by atoms with van der Waals surface area (Å²) in [5, 5.41) is 0. The van der Waals surface area contributed by atoms with Crippen molar-refractivity contribution in [2.45, 2.75) is 20.3 Å². The lowest BCUT2D eigenvalue weighted by atomic mass is 10.2. The van der Waals surface area contributed by atoms with Gasteiger partial charge in [-0.05, 0) is 18.6 Å². The number of thiocarbonyl (C=S) groups is 1. The summed E-state index contributed by atoms with van der Waals surface area (Å²) in [5.41, 5.74) is 1.04. The summed E-state index contributed by atoms with van der Waals surface area (Å²) in [7, 11) is 1.68. The van der Waals surface area contributed by atoms with Gasteiger partial charge in [0.05, 0.1) is 4.91 Å². The van der Waals surface area contributed by atoms with Crippen LogP contribution in [0.3, 0.4) is 0 Å². The van der Waals surface area contributed by atoms with Crippen molar-refractivity contribution in [3.63, 3.8) is 0 Å². The Bertz CT molecular complexity index is 723. The van der Waals surface area contributed by atoms with Crippen LogP contribution >= 0.6 is 24.0 Å². The summed E-state index contributed by atoms with van der Waals surface area (Å²) < 4.78 is 6.38. The van der Waals surface area contributed by atoms with Crippen molar-refractivity contribution in [3.8, 4) is 0 Å². The van der Waals surface area contributed by atoms with Crippen LogP contribution in [0.25, 0.3) is 11.6 Å². The number of likely N-dealkylation sites (N-methyl/N-ethyl adjacent to an activating group) is 1. The lowest BCUT2D eigenvalue weighted by molar-refractivity contribution is -0.121. The van der Waals surface area contributed by atoms with Gasteiger partial charge in [-0.25, -0.2) is 0 Å². The van der Waals surface area contributed by atoms with Gasteiger partial charge in [0.25, 0.3) is 5.91 Å². The van der Waals surface area contributed by atoms with Crippen LogP contribution in [-0.4, -0.2) is 22.2 Å². The number of rotatable bonds is 2. The van der Waals surface area contributed by atoms with E-state index < -0.39 is 0 Å². The fraction of sp³-hybridized carbons (Fsp3) is 0.222. The third-order valence-electron chi connectivity index (χ3n) is 3.17. The van der Waals surface area contributed by atoms with Crippen LogP contribution in [0.5, 0.6) is 0 Å². The van der Waals surface area contributed by atoms with Gasteiger partial charge in [-0.3, -0.25) is 9.69 Å². The van der Waals surface area contributed by atoms with Crippen molar-refractivity contribution < 1.29 is 9.21 Å². The van der Waals surface area contributed by atoms with Gasteiger partial charge in [0.1, 0.15) is 15.8 Å². The van der Waals surface area contributed by atoms with Crippen LogP contribution in [0.15, 0.2) is 51.8 Å². The lowest BCUT2D eigenvalue weighted by Crippen LogP contribution is -2.22. The molecule has 1 aromatic rings. The number of allylic oxidation sites excluding steroid dienone is 6. The summed E-state index contributed by atoms with van der Waals surface area (Å²) >= 11 is 6.40. The number of furan rings is 1. The quantitative estimate of drug-likeness (QED) is 0.556. The average Bonchev–Trinajstić information content (AvgIpc) is 2.99. The molecule has 120 valence electrons. The molecule has 0 atom stereocenters. The van der Waals surface area contributed by atoms with Crippen molar-refractivity contribution in [3.05, 3.63) is 58.9 Å². The van der Waals surface area contributed by atoms with E-state index in [2.05, 4.69) is 12.2 Å². The number of carbonyl (C=O) groups excluding carboxylic acids is 1. The summed E-state index contributed by atoms with van der Waals surface area (Å²) in [6.07, 6.45) is 12.8. The Morgan fingerprint density at radius 1 is 1.30 bits per heavy atom. The standard InChI is InChI=1S/C16H13NO2S2.C2H6/c1-17-15(18)14(21-16(17)20)10-12-8-9-13(19-12)11-6-4-2-3-5-7-11;1-2/h2-4,6-10H,5H2,1H3;1-2H3/b14-10-;. The Kier molecular flexibility index (Phi) is 6.19. The molecular weight excluding hydrogens is 326 g/mol. The second-order valence-corrected chi connectivity index (χ2v) is 6.30. The molecule has 23 heavy (non-hydrogen) atoms. The molecule has 0 unspecified atom stereocenters. The maximum absolute atomic E-state index is 12.0. The molecule has 0 spiro atoms. The van der Waals surface area contributed by atoms with E-state index in [0.29, 0.717) is 15.0 Å². The maximum Gasteiger partial charge on any atom is 0.266 e. The molecule has 0 aromatic carbocycles. The first-order chi connectivity index (χ1) is 11.1. The first-order valence-corrected chi connectivity index (χ1v) is 8.73. The van der Waals surface area contributed by atoms with E-state index in [1.165, 1.54) is 16.7 Å². The SMILES string of the molecule is CC.CN1C(=O)/C(=C/c2ccc(C3=CCC=CC=C3)o2)SC1=S. The highest BCUT2D eigenvalue weighted by molar-refractivity contribution is 8.26. The highest BCUT2D eigenvalue weighted by atomic mass is 32.2. The average molecular weight is 345 g/mol. The largest absolute Gasteiger partial charge is 0.457 e. The van der Waals surface area contributed by atoms with Crippen molar-refractivity contribution >= 4 is 45.9 Å². The monoisotopic (exact) mass is 345 g/mol. The molecule has 3 nitrogen and oxygen atoms in total. The number of carbonyl (C=O) groups is 1. The second kappa shape index (κ2) is 8.13. The second-order valence-electron chi connectivity index (χ2n) is 4.63. The van der Waals surface area contributed by atoms with E-state index in [4.69, 9.17) is 16.6 Å². The van der Waals surface area contributed by atoms with Crippen LogP contribution in [0.4, 0.5) is 0 Å². The Balaban J connectivity index is 0.000000924. The molecule has 2 heterocycles. The molecule has 2 aliphatic rings. The number of amides is 1. The zero-order valence-electron chi connectivity index (χ0n) is 13.4. The van der Waals surface area contributed by atoms with Crippen LogP contribution in [-0.2, 0) is 4.79 Å². The zero-order chi connectivity index (χ0) is 16.8. The van der Waals surface area contributed by atoms with E-state index in [9.17, 15) is 4.79 Å². The topological polar surface area (TPSA) is 33.5 Å². The highest BCUT2D eigenvalue weighted by Gasteiger charge is 2.28. The number of nitrogens with zero attached hydrogens (tertiary/aromatic N) is 1. The lowest BCUT2D eigenvalue weighted by Gasteiger charge is -2.03. The van der Waals surface area contributed by atoms with Crippen LogP contribution in [0.2, 0.25) is 0 Å². The molecule has 1 amide bonds. The number of hydrogen-bond acceptors (Lipinski definition) is 4. The van der Waals surface area contributed by atoms with Crippen LogP contribution in [0.1, 0.15) is 31.8 Å². The minimum atomic E-state index is -0.0827. The summed E-state index contributed by atoms with van der Waals surface area (Å²) in [6.45, 7) is 4.00. The van der Waals surface area contributed by atoms with E-state index >= 15 is 0 Å². The van der Waals surface area contributed by atoms with E-state index in [0.717, 1.165) is 17.8 Å². The molecule has 3 rings (SSSR count). The summed E-state index contributed by atoms with van der Waals surface area (Å²) in [6, 6.07) is 3.78. The van der Waals surface area contributed by atoms with Gasteiger partial charge >= 0.3 is 0 Å². The van der Waals surface area contributed by atoms with Crippen molar-refractivity contribution in [2.24, 2.45) is 0 Å². The molecule has 1 aliphatic heterocycles. The molecule has 5 heteroatoms. The third kappa shape index (κ3) is 4.12. The van der Waals surface area contributed by atoms with Gasteiger partial charge in [-0.1, -0.05) is 68.2 Å². The molecule has 0 bridgehead atoms. The van der Waals surface area contributed by atoms with Gasteiger partial charge in [0.2, 0.25) is 0 Å². The predicted molar refractivity (Wildman–Crippen MR) is 102 cm³/mol. The summed E-state index contributed by atoms with van der Waals surface area (Å²) in [5.74, 6) is 1.37. The molecular formula is C18H19NO2S2. The van der Waals surface area contributed by atoms with Crippen molar-refractivity contribution in [1.82, 2.24) is 4.90 Å². The van der Waals surface area contributed by atoms with Crippen LogP contribution in [0, 0.1) is 0 Å². The first-order valence-electron chi connectivity index (χ1n) is 7.50. The molecule has 1 fully saturated rings. The van der Waals surface area contributed by atoms with Gasteiger partial charge in [-0.15, -0.1) is 0 Å². The first kappa shape index (κ1) is 17.5.